The molecule has 0 aliphatic carbocycles. The van der Waals surface area contributed by atoms with Gasteiger partial charge in [-0.25, -0.2) is 4.39 Å². The van der Waals surface area contributed by atoms with E-state index < -0.39 is 6.10 Å². The van der Waals surface area contributed by atoms with Gasteiger partial charge in [0.05, 0.1) is 13.2 Å². The Morgan fingerprint density at radius 1 is 1.37 bits per heavy atom. The van der Waals surface area contributed by atoms with E-state index >= 15 is 0 Å². The third-order valence-corrected chi connectivity index (χ3v) is 3.77. The molecule has 0 bridgehead atoms. The standard InChI is InChI=1S/C15H22FNO2/c1-11-9-12(19-2)10-13(15(11)16)14(18)5-8-17-6-3-4-7-17/h9-10,14,18H,3-8H2,1-2H3. The molecule has 106 valence electrons. The minimum absolute atomic E-state index is 0.324. The molecule has 2 rings (SSSR count). The monoisotopic (exact) mass is 267 g/mol. The molecule has 1 heterocycles. The number of aliphatic hydroxyl groups excluding tert-OH is 1. The van der Waals surface area contributed by atoms with Gasteiger partial charge in [-0.15, -0.1) is 0 Å². The van der Waals surface area contributed by atoms with Crippen LogP contribution in [0.4, 0.5) is 4.39 Å². The molecule has 1 unspecified atom stereocenters. The zero-order valence-corrected chi connectivity index (χ0v) is 11.7. The van der Waals surface area contributed by atoms with Crippen molar-refractivity contribution in [1.82, 2.24) is 4.90 Å². The quantitative estimate of drug-likeness (QED) is 0.890. The molecule has 0 aromatic heterocycles. The molecule has 1 aromatic carbocycles. The van der Waals surface area contributed by atoms with Crippen LogP contribution in [0.1, 0.15) is 36.5 Å². The molecule has 19 heavy (non-hydrogen) atoms. The van der Waals surface area contributed by atoms with E-state index in [1.165, 1.54) is 12.8 Å². The van der Waals surface area contributed by atoms with Gasteiger partial charge in [0.25, 0.3) is 0 Å². The van der Waals surface area contributed by atoms with Gasteiger partial charge in [0, 0.05) is 12.1 Å². The predicted octanol–water partition coefficient (Wildman–Crippen LogP) is 2.66. The first-order valence-electron chi connectivity index (χ1n) is 6.86. The summed E-state index contributed by atoms with van der Waals surface area (Å²) in [4.78, 5) is 2.31. The highest BCUT2D eigenvalue weighted by Gasteiger charge is 2.18. The maximum absolute atomic E-state index is 14.0. The highest BCUT2D eigenvalue weighted by molar-refractivity contribution is 5.36. The number of hydrogen-bond acceptors (Lipinski definition) is 3. The number of likely N-dealkylation sites (tertiary alicyclic amines) is 1. The molecule has 0 spiro atoms. The number of hydrogen-bond donors (Lipinski definition) is 1. The minimum atomic E-state index is -0.769. The second-order valence-electron chi connectivity index (χ2n) is 5.20. The molecule has 4 heteroatoms. The smallest absolute Gasteiger partial charge is 0.132 e. The van der Waals surface area contributed by atoms with Gasteiger partial charge in [0.1, 0.15) is 11.6 Å². The summed E-state index contributed by atoms with van der Waals surface area (Å²) in [6.07, 6.45) is 2.24. The maximum atomic E-state index is 14.0. The van der Waals surface area contributed by atoms with E-state index in [-0.39, 0.29) is 5.82 Å². The lowest BCUT2D eigenvalue weighted by atomic mass is 10.0. The van der Waals surface area contributed by atoms with Crippen LogP contribution in [0.2, 0.25) is 0 Å². The number of rotatable bonds is 5. The summed E-state index contributed by atoms with van der Waals surface area (Å²) in [5.74, 6) is 0.267. The molecule has 3 nitrogen and oxygen atoms in total. The van der Waals surface area contributed by atoms with Gasteiger partial charge in [0.15, 0.2) is 0 Å². The number of halogens is 1. The molecule has 1 N–H and O–H groups in total. The lowest BCUT2D eigenvalue weighted by molar-refractivity contribution is 0.144. The number of nitrogens with zero attached hydrogens (tertiary/aromatic N) is 1. The molecule has 1 saturated heterocycles. The highest BCUT2D eigenvalue weighted by atomic mass is 19.1. The summed E-state index contributed by atoms with van der Waals surface area (Å²) in [5, 5.41) is 10.2. The van der Waals surface area contributed by atoms with Crippen LogP contribution in [0.3, 0.4) is 0 Å². The Hall–Kier alpha value is -1.13. The Labute approximate surface area is 114 Å². The topological polar surface area (TPSA) is 32.7 Å². The molecule has 1 aromatic rings. The van der Waals surface area contributed by atoms with Gasteiger partial charge in [-0.3, -0.25) is 0 Å². The molecule has 0 amide bonds. The Morgan fingerprint density at radius 2 is 2.05 bits per heavy atom. The number of aliphatic hydroxyl groups is 1. The first-order valence-corrected chi connectivity index (χ1v) is 6.86. The second kappa shape index (κ2) is 6.35. The van der Waals surface area contributed by atoms with E-state index in [0.717, 1.165) is 19.6 Å². The average molecular weight is 267 g/mol. The van der Waals surface area contributed by atoms with Crippen molar-refractivity contribution in [2.75, 3.05) is 26.7 Å². The molecule has 0 saturated carbocycles. The third kappa shape index (κ3) is 3.45. The molecule has 0 radical (unpaired) electrons. The van der Waals surface area contributed by atoms with Crippen LogP contribution in [0.5, 0.6) is 5.75 Å². The van der Waals surface area contributed by atoms with Crippen LogP contribution in [-0.2, 0) is 0 Å². The van der Waals surface area contributed by atoms with Crippen LogP contribution >= 0.6 is 0 Å². The molecule has 1 fully saturated rings. The molecule has 1 aliphatic heterocycles. The summed E-state index contributed by atoms with van der Waals surface area (Å²) in [5.41, 5.74) is 0.852. The average Bonchev–Trinajstić information content (AvgIpc) is 2.92. The van der Waals surface area contributed by atoms with Crippen LogP contribution in [0, 0.1) is 12.7 Å². The zero-order chi connectivity index (χ0) is 13.8. The molecule has 1 atom stereocenters. The minimum Gasteiger partial charge on any atom is -0.497 e. The fourth-order valence-corrected chi connectivity index (χ4v) is 2.59. The Kier molecular flexibility index (Phi) is 4.77. The number of ether oxygens (including phenoxy) is 1. The predicted molar refractivity (Wildman–Crippen MR) is 72.9 cm³/mol. The van der Waals surface area contributed by atoms with Gasteiger partial charge in [-0.1, -0.05) is 0 Å². The third-order valence-electron chi connectivity index (χ3n) is 3.77. The van der Waals surface area contributed by atoms with Crippen molar-refractivity contribution in [2.45, 2.75) is 32.3 Å². The van der Waals surface area contributed by atoms with E-state index in [0.29, 0.717) is 23.3 Å². The van der Waals surface area contributed by atoms with Crippen molar-refractivity contribution in [1.29, 1.82) is 0 Å². The highest BCUT2D eigenvalue weighted by Crippen LogP contribution is 2.28. The fourth-order valence-electron chi connectivity index (χ4n) is 2.59. The van der Waals surface area contributed by atoms with Crippen LogP contribution in [0.25, 0.3) is 0 Å². The van der Waals surface area contributed by atoms with Gasteiger partial charge in [-0.2, -0.15) is 0 Å². The van der Waals surface area contributed by atoms with Gasteiger partial charge in [-0.05, 0) is 57.0 Å². The molecular formula is C15H22FNO2. The van der Waals surface area contributed by atoms with Crippen LogP contribution < -0.4 is 4.74 Å². The van der Waals surface area contributed by atoms with Crippen molar-refractivity contribution in [2.24, 2.45) is 0 Å². The van der Waals surface area contributed by atoms with E-state index in [2.05, 4.69) is 4.90 Å². The molecule has 1 aliphatic rings. The number of aryl methyl sites for hydroxylation is 1. The summed E-state index contributed by atoms with van der Waals surface area (Å²) >= 11 is 0. The van der Waals surface area contributed by atoms with Crippen molar-refractivity contribution in [3.8, 4) is 5.75 Å². The number of methoxy groups -OCH3 is 1. The van der Waals surface area contributed by atoms with Gasteiger partial charge < -0.3 is 14.7 Å². The Bertz CT molecular complexity index is 430. The van der Waals surface area contributed by atoms with E-state index in [1.54, 1.807) is 26.2 Å². The summed E-state index contributed by atoms with van der Waals surface area (Å²) < 4.78 is 19.2. The zero-order valence-electron chi connectivity index (χ0n) is 11.7. The van der Waals surface area contributed by atoms with Crippen molar-refractivity contribution in [3.63, 3.8) is 0 Å². The first kappa shape index (κ1) is 14.3. The summed E-state index contributed by atoms with van der Waals surface area (Å²) in [7, 11) is 1.55. The van der Waals surface area contributed by atoms with E-state index in [1.807, 2.05) is 0 Å². The van der Waals surface area contributed by atoms with Crippen LogP contribution in [-0.4, -0.2) is 36.8 Å². The first-order chi connectivity index (χ1) is 9.11. The Balaban J connectivity index is 2.04. The maximum Gasteiger partial charge on any atom is 0.132 e. The van der Waals surface area contributed by atoms with Crippen LogP contribution in [0.15, 0.2) is 12.1 Å². The lowest BCUT2D eigenvalue weighted by Gasteiger charge is -2.19. The van der Waals surface area contributed by atoms with Gasteiger partial charge >= 0.3 is 0 Å². The van der Waals surface area contributed by atoms with Crippen molar-refractivity contribution < 1.29 is 14.2 Å². The van der Waals surface area contributed by atoms with Gasteiger partial charge in [0.2, 0.25) is 0 Å². The number of benzene rings is 1. The molecular weight excluding hydrogens is 245 g/mol. The second-order valence-corrected chi connectivity index (χ2v) is 5.20. The Morgan fingerprint density at radius 3 is 2.68 bits per heavy atom. The van der Waals surface area contributed by atoms with Crippen molar-refractivity contribution in [3.05, 3.63) is 29.1 Å². The lowest BCUT2D eigenvalue weighted by Crippen LogP contribution is -2.22. The fraction of sp³-hybridized carbons (Fsp3) is 0.600. The SMILES string of the molecule is COc1cc(C)c(F)c(C(O)CCN2CCCC2)c1. The van der Waals surface area contributed by atoms with E-state index in [4.69, 9.17) is 4.74 Å². The summed E-state index contributed by atoms with van der Waals surface area (Å²) in [6, 6.07) is 3.24. The van der Waals surface area contributed by atoms with Crippen molar-refractivity contribution >= 4 is 0 Å². The largest absolute Gasteiger partial charge is 0.497 e. The van der Waals surface area contributed by atoms with E-state index in [9.17, 15) is 9.50 Å². The summed E-state index contributed by atoms with van der Waals surface area (Å²) in [6.45, 7) is 4.68. The normalized spacial score (nSPS) is 17.7.